The Hall–Kier alpha value is -1.99. The van der Waals surface area contributed by atoms with Crippen molar-refractivity contribution in [2.45, 2.75) is 59.2 Å². The first-order valence-corrected chi connectivity index (χ1v) is 7.92. The van der Waals surface area contributed by atoms with Crippen molar-refractivity contribution in [3.8, 4) is 0 Å². The maximum atomic E-state index is 12.1. The third kappa shape index (κ3) is 5.90. The van der Waals surface area contributed by atoms with E-state index in [4.69, 9.17) is 9.47 Å². The number of nitrogens with zero attached hydrogens (tertiary/aromatic N) is 1. The van der Waals surface area contributed by atoms with Gasteiger partial charge < -0.3 is 24.8 Å². The smallest absolute Gasteiger partial charge is 0.410 e. The van der Waals surface area contributed by atoms with Crippen molar-refractivity contribution in [3.05, 3.63) is 0 Å². The second-order valence-electron chi connectivity index (χ2n) is 8.09. The highest BCUT2D eigenvalue weighted by molar-refractivity contribution is 5.79. The van der Waals surface area contributed by atoms with Crippen molar-refractivity contribution in [3.63, 3.8) is 0 Å². The minimum atomic E-state index is -1.24. The van der Waals surface area contributed by atoms with Gasteiger partial charge in [0.2, 0.25) is 0 Å². The third-order valence-corrected chi connectivity index (χ3v) is 3.43. The van der Waals surface area contributed by atoms with Crippen LogP contribution in [0.4, 0.5) is 9.59 Å². The second kappa shape index (κ2) is 6.86. The van der Waals surface area contributed by atoms with Crippen LogP contribution in [0, 0.1) is 5.41 Å². The summed E-state index contributed by atoms with van der Waals surface area (Å²) in [6.07, 6.45) is -1.00. The van der Waals surface area contributed by atoms with Crippen LogP contribution in [-0.2, 0) is 14.3 Å². The molecule has 0 aliphatic carbocycles. The number of hydrogen-bond acceptors (Lipinski definition) is 5. The average Bonchev–Trinajstić information content (AvgIpc) is 2.78. The normalized spacial score (nSPS) is 21.3. The van der Waals surface area contributed by atoms with Gasteiger partial charge in [0.15, 0.2) is 0 Å². The number of likely N-dealkylation sites (tertiary alicyclic amines) is 1. The first-order valence-electron chi connectivity index (χ1n) is 7.92. The minimum Gasteiger partial charge on any atom is -0.481 e. The van der Waals surface area contributed by atoms with E-state index in [2.05, 4.69) is 5.32 Å². The predicted molar refractivity (Wildman–Crippen MR) is 86.7 cm³/mol. The SMILES string of the molecule is CC(C)(C)OC(=O)NCC1(C(=O)O)CCN(C(=O)OC(C)(C)C)C1. The Labute approximate surface area is 142 Å². The second-order valence-corrected chi connectivity index (χ2v) is 8.09. The fourth-order valence-corrected chi connectivity index (χ4v) is 2.30. The number of aliphatic carboxylic acids is 1. The first kappa shape index (κ1) is 20.1. The lowest BCUT2D eigenvalue weighted by molar-refractivity contribution is -0.147. The molecule has 1 atom stereocenters. The molecule has 0 spiro atoms. The molecular formula is C16H28N2O6. The molecule has 8 heteroatoms. The van der Waals surface area contributed by atoms with Gasteiger partial charge in [-0.25, -0.2) is 9.59 Å². The fraction of sp³-hybridized carbons (Fsp3) is 0.812. The summed E-state index contributed by atoms with van der Waals surface area (Å²) in [7, 11) is 0. The molecule has 0 aromatic rings. The highest BCUT2D eigenvalue weighted by atomic mass is 16.6. The van der Waals surface area contributed by atoms with Crippen molar-refractivity contribution in [1.29, 1.82) is 0 Å². The zero-order valence-corrected chi connectivity index (χ0v) is 15.3. The van der Waals surface area contributed by atoms with E-state index in [0.29, 0.717) is 0 Å². The number of alkyl carbamates (subject to hydrolysis) is 1. The van der Waals surface area contributed by atoms with Crippen LogP contribution in [0.2, 0.25) is 0 Å². The highest BCUT2D eigenvalue weighted by Gasteiger charge is 2.47. The minimum absolute atomic E-state index is 0.0208. The molecule has 2 amide bonds. The van der Waals surface area contributed by atoms with Gasteiger partial charge in [0.1, 0.15) is 16.6 Å². The number of amides is 2. The summed E-state index contributed by atoms with van der Waals surface area (Å²) < 4.78 is 10.4. The van der Waals surface area contributed by atoms with Crippen LogP contribution in [-0.4, -0.2) is 59.0 Å². The Balaban J connectivity index is 2.70. The van der Waals surface area contributed by atoms with Crippen LogP contribution in [0.25, 0.3) is 0 Å². The van der Waals surface area contributed by atoms with Crippen LogP contribution in [0.15, 0.2) is 0 Å². The van der Waals surface area contributed by atoms with E-state index >= 15 is 0 Å². The van der Waals surface area contributed by atoms with E-state index in [9.17, 15) is 19.5 Å². The van der Waals surface area contributed by atoms with Crippen LogP contribution >= 0.6 is 0 Å². The molecule has 0 saturated carbocycles. The Morgan fingerprint density at radius 2 is 1.62 bits per heavy atom. The lowest BCUT2D eigenvalue weighted by Gasteiger charge is -2.27. The van der Waals surface area contributed by atoms with E-state index < -0.39 is 34.8 Å². The van der Waals surface area contributed by atoms with E-state index in [1.807, 2.05) is 0 Å². The van der Waals surface area contributed by atoms with Gasteiger partial charge in [0.05, 0.1) is 0 Å². The van der Waals surface area contributed by atoms with E-state index in [1.54, 1.807) is 41.5 Å². The summed E-state index contributed by atoms with van der Waals surface area (Å²) in [6, 6.07) is 0. The molecule has 2 N–H and O–H groups in total. The molecular weight excluding hydrogens is 316 g/mol. The first-order chi connectivity index (χ1) is 10.7. The van der Waals surface area contributed by atoms with Crippen LogP contribution in [0.1, 0.15) is 48.0 Å². The van der Waals surface area contributed by atoms with Crippen molar-refractivity contribution < 1.29 is 29.0 Å². The van der Waals surface area contributed by atoms with E-state index in [1.165, 1.54) is 4.90 Å². The number of ether oxygens (including phenoxy) is 2. The summed E-state index contributed by atoms with van der Waals surface area (Å²) in [5.74, 6) is -1.07. The molecule has 8 nitrogen and oxygen atoms in total. The van der Waals surface area contributed by atoms with Gasteiger partial charge in [0, 0.05) is 19.6 Å². The average molecular weight is 344 g/mol. The van der Waals surface area contributed by atoms with Crippen molar-refractivity contribution in [2.24, 2.45) is 5.41 Å². The Morgan fingerprint density at radius 1 is 1.08 bits per heavy atom. The Kier molecular flexibility index (Phi) is 5.74. The van der Waals surface area contributed by atoms with Gasteiger partial charge in [-0.2, -0.15) is 0 Å². The summed E-state index contributed by atoms with van der Waals surface area (Å²) >= 11 is 0. The number of carboxylic acid groups (broad SMARTS) is 1. The molecule has 0 aromatic carbocycles. The molecule has 24 heavy (non-hydrogen) atoms. The molecule has 1 aliphatic heterocycles. The van der Waals surface area contributed by atoms with Gasteiger partial charge in [-0.05, 0) is 48.0 Å². The summed E-state index contributed by atoms with van der Waals surface area (Å²) in [4.78, 5) is 36.9. The molecule has 1 aliphatic rings. The number of carboxylic acids is 1. The predicted octanol–water partition coefficient (Wildman–Crippen LogP) is 2.22. The maximum Gasteiger partial charge on any atom is 0.410 e. The monoisotopic (exact) mass is 344 g/mol. The number of carbonyl (C=O) groups excluding carboxylic acids is 2. The maximum absolute atomic E-state index is 12.1. The lowest BCUT2D eigenvalue weighted by atomic mass is 9.87. The topological polar surface area (TPSA) is 105 Å². The van der Waals surface area contributed by atoms with Gasteiger partial charge >= 0.3 is 18.2 Å². The highest BCUT2D eigenvalue weighted by Crippen LogP contribution is 2.31. The Morgan fingerprint density at radius 3 is 2.08 bits per heavy atom. The quantitative estimate of drug-likeness (QED) is 0.813. The summed E-state index contributed by atoms with van der Waals surface area (Å²) in [6.45, 7) is 10.5. The molecule has 1 saturated heterocycles. The molecule has 1 unspecified atom stereocenters. The molecule has 1 fully saturated rings. The zero-order valence-electron chi connectivity index (χ0n) is 15.3. The van der Waals surface area contributed by atoms with E-state index in [-0.39, 0.29) is 26.1 Å². The number of hydrogen-bond donors (Lipinski definition) is 2. The summed E-state index contributed by atoms with van der Waals surface area (Å²) in [5.41, 5.74) is -2.56. The lowest BCUT2D eigenvalue weighted by Crippen LogP contribution is -2.47. The molecule has 0 radical (unpaired) electrons. The van der Waals surface area contributed by atoms with Gasteiger partial charge in [-0.15, -0.1) is 0 Å². The number of nitrogens with one attached hydrogen (secondary N) is 1. The third-order valence-electron chi connectivity index (χ3n) is 3.43. The largest absolute Gasteiger partial charge is 0.481 e. The number of carbonyl (C=O) groups is 3. The van der Waals surface area contributed by atoms with Gasteiger partial charge in [-0.1, -0.05) is 0 Å². The fourth-order valence-electron chi connectivity index (χ4n) is 2.30. The molecule has 1 heterocycles. The van der Waals surface area contributed by atoms with Crippen LogP contribution < -0.4 is 5.32 Å². The summed E-state index contributed by atoms with van der Waals surface area (Å²) in [5, 5.41) is 12.1. The standard InChI is InChI=1S/C16H28N2O6/c1-14(2,3)23-12(21)17-9-16(11(19)20)7-8-18(10-16)13(22)24-15(4,5)6/h7-10H2,1-6H3,(H,17,21)(H,19,20). The van der Waals surface area contributed by atoms with Crippen molar-refractivity contribution in [2.75, 3.05) is 19.6 Å². The van der Waals surface area contributed by atoms with E-state index in [0.717, 1.165) is 0 Å². The van der Waals surface area contributed by atoms with Crippen molar-refractivity contribution in [1.82, 2.24) is 10.2 Å². The van der Waals surface area contributed by atoms with Crippen LogP contribution in [0.5, 0.6) is 0 Å². The molecule has 0 aromatic heterocycles. The van der Waals surface area contributed by atoms with Crippen LogP contribution in [0.3, 0.4) is 0 Å². The molecule has 1 rings (SSSR count). The van der Waals surface area contributed by atoms with Gasteiger partial charge in [-0.3, -0.25) is 4.79 Å². The number of rotatable bonds is 3. The molecule has 138 valence electrons. The van der Waals surface area contributed by atoms with Gasteiger partial charge in [0.25, 0.3) is 0 Å². The zero-order chi connectivity index (χ0) is 18.8. The molecule has 0 bridgehead atoms. The Bertz CT molecular complexity index is 506. The van der Waals surface area contributed by atoms with Crippen molar-refractivity contribution >= 4 is 18.2 Å².